The van der Waals surface area contributed by atoms with Gasteiger partial charge in [0.25, 0.3) is 0 Å². The van der Waals surface area contributed by atoms with Crippen molar-refractivity contribution in [3.63, 3.8) is 0 Å². The molecule has 1 aromatic heterocycles. The first kappa shape index (κ1) is 9.90. The van der Waals surface area contributed by atoms with E-state index in [9.17, 15) is 4.79 Å². The van der Waals surface area contributed by atoms with Gasteiger partial charge in [0.2, 0.25) is 0 Å². The van der Waals surface area contributed by atoms with Gasteiger partial charge >= 0.3 is 0 Å². The first-order valence-corrected chi connectivity index (χ1v) is 5.36. The van der Waals surface area contributed by atoms with Gasteiger partial charge in [-0.3, -0.25) is 4.79 Å². The van der Waals surface area contributed by atoms with Crippen molar-refractivity contribution in [2.24, 2.45) is 0 Å². The number of rotatable bonds is 2. The Bertz CT molecular complexity index is 713. The van der Waals surface area contributed by atoms with Crippen molar-refractivity contribution < 1.29 is 9.53 Å². The number of aldehydes is 1. The number of benzene rings is 2. The van der Waals surface area contributed by atoms with Crippen LogP contribution >= 0.6 is 0 Å². The number of hydrogen-bond acceptors (Lipinski definition) is 2. The number of methoxy groups -OCH3 is 1. The van der Waals surface area contributed by atoms with Crippen molar-refractivity contribution in [1.29, 1.82) is 0 Å². The SMILES string of the molecule is COc1ccc2[nH]c3ccc(C=O)cc3c2c1. The summed E-state index contributed by atoms with van der Waals surface area (Å²) < 4.78 is 5.21. The molecule has 3 heteroatoms. The first-order valence-electron chi connectivity index (χ1n) is 5.36. The van der Waals surface area contributed by atoms with Crippen molar-refractivity contribution in [3.8, 4) is 5.75 Å². The fraction of sp³-hybridized carbons (Fsp3) is 0.0714. The second-order valence-corrected chi connectivity index (χ2v) is 3.96. The highest BCUT2D eigenvalue weighted by atomic mass is 16.5. The van der Waals surface area contributed by atoms with Crippen LogP contribution in [0.4, 0.5) is 0 Å². The van der Waals surface area contributed by atoms with Crippen LogP contribution in [0.25, 0.3) is 21.8 Å². The van der Waals surface area contributed by atoms with E-state index in [2.05, 4.69) is 4.98 Å². The molecule has 17 heavy (non-hydrogen) atoms. The minimum Gasteiger partial charge on any atom is -0.497 e. The molecule has 0 aliphatic heterocycles. The van der Waals surface area contributed by atoms with Gasteiger partial charge in [0.1, 0.15) is 12.0 Å². The van der Waals surface area contributed by atoms with Crippen LogP contribution in [-0.4, -0.2) is 18.4 Å². The van der Waals surface area contributed by atoms with Crippen LogP contribution in [0.5, 0.6) is 5.75 Å². The third-order valence-electron chi connectivity index (χ3n) is 2.97. The van der Waals surface area contributed by atoms with E-state index in [-0.39, 0.29) is 0 Å². The molecule has 0 aliphatic rings. The second-order valence-electron chi connectivity index (χ2n) is 3.96. The van der Waals surface area contributed by atoms with E-state index >= 15 is 0 Å². The molecule has 0 fully saturated rings. The average Bonchev–Trinajstić information content (AvgIpc) is 2.75. The van der Waals surface area contributed by atoms with Crippen LogP contribution in [0, 0.1) is 0 Å². The smallest absolute Gasteiger partial charge is 0.150 e. The Labute approximate surface area is 98.0 Å². The maximum absolute atomic E-state index is 10.8. The van der Waals surface area contributed by atoms with Gasteiger partial charge in [0.05, 0.1) is 7.11 Å². The molecular formula is C14H11NO2. The molecule has 0 radical (unpaired) electrons. The lowest BCUT2D eigenvalue weighted by atomic mass is 10.1. The maximum atomic E-state index is 10.8. The molecule has 0 saturated carbocycles. The largest absolute Gasteiger partial charge is 0.497 e. The molecule has 3 nitrogen and oxygen atoms in total. The highest BCUT2D eigenvalue weighted by Gasteiger charge is 2.05. The summed E-state index contributed by atoms with van der Waals surface area (Å²) in [6.07, 6.45) is 0.860. The molecule has 0 spiro atoms. The minimum absolute atomic E-state index is 0.682. The third kappa shape index (κ3) is 1.47. The number of hydrogen-bond donors (Lipinski definition) is 1. The van der Waals surface area contributed by atoms with E-state index in [1.807, 2.05) is 36.4 Å². The Morgan fingerprint density at radius 3 is 2.47 bits per heavy atom. The fourth-order valence-electron chi connectivity index (χ4n) is 2.09. The fourth-order valence-corrected chi connectivity index (χ4v) is 2.09. The summed E-state index contributed by atoms with van der Waals surface area (Å²) in [5.41, 5.74) is 2.75. The molecule has 0 unspecified atom stereocenters. The summed E-state index contributed by atoms with van der Waals surface area (Å²) in [5.74, 6) is 0.815. The molecule has 0 saturated heterocycles. The molecule has 0 aliphatic carbocycles. The molecule has 2 aromatic carbocycles. The van der Waals surface area contributed by atoms with Gasteiger partial charge in [0.15, 0.2) is 0 Å². The third-order valence-corrected chi connectivity index (χ3v) is 2.97. The summed E-state index contributed by atoms with van der Waals surface area (Å²) >= 11 is 0. The van der Waals surface area contributed by atoms with E-state index in [1.165, 1.54) is 0 Å². The minimum atomic E-state index is 0.682. The zero-order valence-electron chi connectivity index (χ0n) is 9.36. The van der Waals surface area contributed by atoms with E-state index in [0.29, 0.717) is 5.56 Å². The lowest BCUT2D eigenvalue weighted by molar-refractivity contribution is 0.112. The molecular weight excluding hydrogens is 214 g/mol. The maximum Gasteiger partial charge on any atom is 0.150 e. The van der Waals surface area contributed by atoms with Crippen LogP contribution in [0.2, 0.25) is 0 Å². The van der Waals surface area contributed by atoms with Gasteiger partial charge in [-0.2, -0.15) is 0 Å². The predicted octanol–water partition coefficient (Wildman–Crippen LogP) is 3.14. The number of carbonyl (C=O) groups excluding carboxylic acids is 1. The van der Waals surface area contributed by atoms with Crippen molar-refractivity contribution >= 4 is 28.1 Å². The van der Waals surface area contributed by atoms with Gasteiger partial charge in [-0.15, -0.1) is 0 Å². The molecule has 3 aromatic rings. The van der Waals surface area contributed by atoms with Gasteiger partial charge in [-0.05, 0) is 36.4 Å². The predicted molar refractivity (Wildman–Crippen MR) is 67.7 cm³/mol. The molecule has 1 N–H and O–H groups in total. The van der Waals surface area contributed by atoms with Crippen molar-refractivity contribution in [1.82, 2.24) is 4.98 Å². The number of fused-ring (bicyclic) bond motifs is 3. The molecule has 0 bridgehead atoms. The lowest BCUT2D eigenvalue weighted by Gasteiger charge is -1.98. The Kier molecular flexibility index (Phi) is 2.11. The summed E-state index contributed by atoms with van der Waals surface area (Å²) in [6, 6.07) is 11.5. The number of H-pyrrole nitrogens is 1. The standard InChI is InChI=1S/C14H11NO2/c1-17-10-3-5-14-12(7-10)11-6-9(8-16)2-4-13(11)15-14/h2-8,15H,1H3. The second kappa shape index (κ2) is 3.63. The van der Waals surface area contributed by atoms with Crippen molar-refractivity contribution in [2.45, 2.75) is 0 Å². The highest BCUT2D eigenvalue weighted by Crippen LogP contribution is 2.28. The van der Waals surface area contributed by atoms with E-state index < -0.39 is 0 Å². The van der Waals surface area contributed by atoms with Crippen molar-refractivity contribution in [3.05, 3.63) is 42.0 Å². The first-order chi connectivity index (χ1) is 8.31. The van der Waals surface area contributed by atoms with Crippen LogP contribution in [0.3, 0.4) is 0 Å². The van der Waals surface area contributed by atoms with Crippen LogP contribution in [0.15, 0.2) is 36.4 Å². The lowest BCUT2D eigenvalue weighted by Crippen LogP contribution is -1.81. The number of aromatic amines is 1. The normalized spacial score (nSPS) is 10.9. The molecule has 1 heterocycles. The summed E-state index contributed by atoms with van der Waals surface area (Å²) in [5, 5.41) is 2.12. The molecule has 84 valence electrons. The monoisotopic (exact) mass is 225 g/mol. The molecule has 3 rings (SSSR count). The van der Waals surface area contributed by atoms with E-state index in [1.54, 1.807) is 7.11 Å². The van der Waals surface area contributed by atoms with Crippen molar-refractivity contribution in [2.75, 3.05) is 7.11 Å². The van der Waals surface area contributed by atoms with Gasteiger partial charge in [0, 0.05) is 27.4 Å². The Hall–Kier alpha value is -2.29. The highest BCUT2D eigenvalue weighted by molar-refractivity contribution is 6.08. The number of aromatic nitrogens is 1. The summed E-state index contributed by atoms with van der Waals surface area (Å²) in [7, 11) is 1.65. The van der Waals surface area contributed by atoms with Crippen LogP contribution < -0.4 is 4.74 Å². The zero-order valence-corrected chi connectivity index (χ0v) is 9.36. The Balaban J connectivity index is 2.41. The summed E-state index contributed by atoms with van der Waals surface area (Å²) in [6.45, 7) is 0. The topological polar surface area (TPSA) is 42.1 Å². The summed E-state index contributed by atoms with van der Waals surface area (Å²) in [4.78, 5) is 14.1. The van der Waals surface area contributed by atoms with E-state index in [0.717, 1.165) is 33.8 Å². The quantitative estimate of drug-likeness (QED) is 0.681. The van der Waals surface area contributed by atoms with E-state index in [4.69, 9.17) is 4.74 Å². The van der Waals surface area contributed by atoms with Crippen LogP contribution in [0.1, 0.15) is 10.4 Å². The molecule has 0 amide bonds. The zero-order chi connectivity index (χ0) is 11.8. The molecule has 0 atom stereocenters. The van der Waals surface area contributed by atoms with Gasteiger partial charge in [-0.25, -0.2) is 0 Å². The van der Waals surface area contributed by atoms with Gasteiger partial charge in [-0.1, -0.05) is 0 Å². The van der Waals surface area contributed by atoms with Gasteiger partial charge < -0.3 is 9.72 Å². The number of ether oxygens (including phenoxy) is 1. The Morgan fingerprint density at radius 2 is 1.76 bits per heavy atom. The Morgan fingerprint density at radius 1 is 1.06 bits per heavy atom. The number of nitrogens with one attached hydrogen (secondary N) is 1. The average molecular weight is 225 g/mol. The number of carbonyl (C=O) groups is 1. The van der Waals surface area contributed by atoms with Crippen LogP contribution in [-0.2, 0) is 0 Å².